The Hall–Kier alpha value is -1.40. The van der Waals surface area contributed by atoms with E-state index in [1.807, 2.05) is 9.80 Å². The standard InChI is InChI=1S/C20H28N2O3S/c23-18(4-3-16-5-11-26-14-16)21-8-6-20(7-9-21)12-19(24)22(15-20)13-17-2-1-10-25-17/h5,11,14,17H,1-4,6-10,12-13,15H2. The molecule has 0 aliphatic carbocycles. The molecule has 1 spiro atoms. The maximum Gasteiger partial charge on any atom is 0.223 e. The van der Waals surface area contributed by atoms with Crippen LogP contribution in [0.3, 0.4) is 0 Å². The van der Waals surface area contributed by atoms with Gasteiger partial charge in [-0.25, -0.2) is 0 Å². The number of carbonyl (C=O) groups is 2. The zero-order valence-corrected chi connectivity index (χ0v) is 16.1. The first-order valence-corrected chi connectivity index (χ1v) is 10.8. The molecule has 3 aliphatic rings. The van der Waals surface area contributed by atoms with Crippen molar-refractivity contribution in [2.24, 2.45) is 5.41 Å². The quantitative estimate of drug-likeness (QED) is 0.794. The van der Waals surface area contributed by atoms with Crippen LogP contribution in [0.25, 0.3) is 0 Å². The normalized spacial score (nSPS) is 25.4. The topological polar surface area (TPSA) is 49.9 Å². The van der Waals surface area contributed by atoms with Crippen LogP contribution in [0.5, 0.6) is 0 Å². The van der Waals surface area contributed by atoms with Crippen LogP contribution in [0, 0.1) is 5.41 Å². The molecule has 5 nitrogen and oxygen atoms in total. The average Bonchev–Trinajstić information content (AvgIpc) is 3.37. The van der Waals surface area contributed by atoms with Crippen LogP contribution in [0.1, 0.15) is 44.1 Å². The minimum atomic E-state index is 0.0832. The zero-order valence-electron chi connectivity index (χ0n) is 15.3. The Morgan fingerprint density at radius 1 is 1.35 bits per heavy atom. The fraction of sp³-hybridized carbons (Fsp3) is 0.700. The van der Waals surface area contributed by atoms with E-state index in [-0.39, 0.29) is 23.3 Å². The molecule has 1 aromatic heterocycles. The molecule has 3 saturated heterocycles. The first-order valence-electron chi connectivity index (χ1n) is 9.82. The lowest BCUT2D eigenvalue weighted by molar-refractivity contribution is -0.133. The second-order valence-electron chi connectivity index (χ2n) is 8.10. The van der Waals surface area contributed by atoms with Gasteiger partial charge >= 0.3 is 0 Å². The van der Waals surface area contributed by atoms with E-state index in [9.17, 15) is 9.59 Å². The first-order chi connectivity index (χ1) is 12.6. The number of likely N-dealkylation sites (tertiary alicyclic amines) is 2. The fourth-order valence-electron chi connectivity index (χ4n) is 4.59. The molecule has 4 heterocycles. The molecule has 142 valence electrons. The van der Waals surface area contributed by atoms with Gasteiger partial charge in [-0.2, -0.15) is 11.3 Å². The van der Waals surface area contributed by atoms with Crippen LogP contribution in [0.4, 0.5) is 0 Å². The van der Waals surface area contributed by atoms with Gasteiger partial charge in [-0.15, -0.1) is 0 Å². The summed E-state index contributed by atoms with van der Waals surface area (Å²) in [4.78, 5) is 29.0. The predicted molar refractivity (Wildman–Crippen MR) is 101 cm³/mol. The Balaban J connectivity index is 1.26. The zero-order chi connectivity index (χ0) is 18.0. The maximum atomic E-state index is 12.5. The van der Waals surface area contributed by atoms with Crippen molar-refractivity contribution in [3.63, 3.8) is 0 Å². The third kappa shape index (κ3) is 3.96. The number of aryl methyl sites for hydroxylation is 1. The van der Waals surface area contributed by atoms with Crippen LogP contribution in [-0.4, -0.2) is 60.5 Å². The highest BCUT2D eigenvalue weighted by Crippen LogP contribution is 2.41. The van der Waals surface area contributed by atoms with Crippen LogP contribution in [0.15, 0.2) is 16.8 Å². The number of carbonyl (C=O) groups excluding carboxylic acids is 2. The second kappa shape index (κ2) is 7.69. The summed E-state index contributed by atoms with van der Waals surface area (Å²) in [6.45, 7) is 4.03. The summed E-state index contributed by atoms with van der Waals surface area (Å²) in [5.74, 6) is 0.532. The molecule has 3 fully saturated rings. The number of piperidine rings is 1. The van der Waals surface area contributed by atoms with Gasteiger partial charge in [0.25, 0.3) is 0 Å². The van der Waals surface area contributed by atoms with Gasteiger partial charge in [0.1, 0.15) is 0 Å². The molecule has 1 aromatic rings. The summed E-state index contributed by atoms with van der Waals surface area (Å²) in [6, 6.07) is 2.09. The summed E-state index contributed by atoms with van der Waals surface area (Å²) in [6.07, 6.45) is 6.38. The number of nitrogens with zero attached hydrogens (tertiary/aromatic N) is 2. The number of hydrogen-bond donors (Lipinski definition) is 0. The third-order valence-electron chi connectivity index (χ3n) is 6.24. The smallest absolute Gasteiger partial charge is 0.223 e. The van der Waals surface area contributed by atoms with Crippen molar-refractivity contribution in [3.8, 4) is 0 Å². The van der Waals surface area contributed by atoms with Crippen molar-refractivity contribution in [1.82, 2.24) is 9.80 Å². The maximum absolute atomic E-state index is 12.5. The molecule has 4 rings (SSSR count). The molecular formula is C20H28N2O3S. The molecule has 2 amide bonds. The van der Waals surface area contributed by atoms with Crippen molar-refractivity contribution in [1.29, 1.82) is 0 Å². The lowest BCUT2D eigenvalue weighted by atomic mass is 9.77. The fourth-order valence-corrected chi connectivity index (χ4v) is 5.29. The van der Waals surface area contributed by atoms with Gasteiger partial charge in [0.15, 0.2) is 0 Å². The van der Waals surface area contributed by atoms with Crippen LogP contribution in [-0.2, 0) is 20.7 Å². The highest BCUT2D eigenvalue weighted by Gasteiger charge is 2.45. The SMILES string of the molecule is O=C(CCc1ccsc1)N1CCC2(CC1)CC(=O)N(CC1CCCO1)C2. The van der Waals surface area contributed by atoms with Crippen molar-refractivity contribution in [3.05, 3.63) is 22.4 Å². The number of amides is 2. The molecule has 1 unspecified atom stereocenters. The highest BCUT2D eigenvalue weighted by atomic mass is 32.1. The van der Waals surface area contributed by atoms with E-state index >= 15 is 0 Å². The minimum Gasteiger partial charge on any atom is -0.376 e. The van der Waals surface area contributed by atoms with Gasteiger partial charge in [0.2, 0.25) is 11.8 Å². The van der Waals surface area contributed by atoms with Gasteiger partial charge in [-0.05, 0) is 54.5 Å². The first kappa shape index (κ1) is 18.0. The van der Waals surface area contributed by atoms with E-state index in [4.69, 9.17) is 4.74 Å². The lowest BCUT2D eigenvalue weighted by Gasteiger charge is -2.39. The summed E-state index contributed by atoms with van der Waals surface area (Å²) >= 11 is 1.68. The minimum absolute atomic E-state index is 0.0832. The summed E-state index contributed by atoms with van der Waals surface area (Å²) in [5, 5.41) is 4.18. The molecular weight excluding hydrogens is 348 g/mol. The Morgan fingerprint density at radius 2 is 2.19 bits per heavy atom. The van der Waals surface area contributed by atoms with E-state index in [0.717, 1.165) is 64.9 Å². The highest BCUT2D eigenvalue weighted by molar-refractivity contribution is 7.07. The van der Waals surface area contributed by atoms with E-state index in [0.29, 0.717) is 12.8 Å². The molecule has 0 aromatic carbocycles. The molecule has 0 bridgehead atoms. The van der Waals surface area contributed by atoms with E-state index < -0.39 is 0 Å². The van der Waals surface area contributed by atoms with Crippen molar-refractivity contribution < 1.29 is 14.3 Å². The average molecular weight is 377 g/mol. The molecule has 26 heavy (non-hydrogen) atoms. The summed E-state index contributed by atoms with van der Waals surface area (Å²) in [7, 11) is 0. The second-order valence-corrected chi connectivity index (χ2v) is 8.88. The largest absolute Gasteiger partial charge is 0.376 e. The monoisotopic (exact) mass is 376 g/mol. The molecule has 3 aliphatic heterocycles. The molecule has 6 heteroatoms. The van der Waals surface area contributed by atoms with Crippen LogP contribution < -0.4 is 0 Å². The summed E-state index contributed by atoms with van der Waals surface area (Å²) in [5.41, 5.74) is 1.34. The van der Waals surface area contributed by atoms with Crippen LogP contribution >= 0.6 is 11.3 Å². The van der Waals surface area contributed by atoms with Gasteiger partial charge in [-0.1, -0.05) is 0 Å². The number of rotatable bonds is 5. The van der Waals surface area contributed by atoms with Crippen LogP contribution in [0.2, 0.25) is 0 Å². The van der Waals surface area contributed by atoms with E-state index in [1.165, 1.54) is 5.56 Å². The molecule has 0 saturated carbocycles. The Kier molecular flexibility index (Phi) is 5.32. The number of thiophene rings is 1. The van der Waals surface area contributed by atoms with Crippen molar-refractivity contribution in [2.75, 3.05) is 32.8 Å². The molecule has 0 radical (unpaired) electrons. The Labute approximate surface area is 159 Å². The van der Waals surface area contributed by atoms with Crippen molar-refractivity contribution in [2.45, 2.75) is 51.0 Å². The molecule has 1 atom stereocenters. The lowest BCUT2D eigenvalue weighted by Crippen LogP contribution is -2.44. The van der Waals surface area contributed by atoms with Crippen molar-refractivity contribution >= 4 is 23.2 Å². The van der Waals surface area contributed by atoms with E-state index in [2.05, 4.69) is 16.8 Å². The Bertz CT molecular complexity index is 631. The van der Waals surface area contributed by atoms with Gasteiger partial charge in [0, 0.05) is 51.0 Å². The number of hydrogen-bond acceptors (Lipinski definition) is 4. The van der Waals surface area contributed by atoms with Gasteiger partial charge < -0.3 is 14.5 Å². The Morgan fingerprint density at radius 3 is 2.88 bits per heavy atom. The third-order valence-corrected chi connectivity index (χ3v) is 6.97. The van der Waals surface area contributed by atoms with E-state index in [1.54, 1.807) is 11.3 Å². The predicted octanol–water partition coefficient (Wildman–Crippen LogP) is 2.70. The van der Waals surface area contributed by atoms with Gasteiger partial charge in [0.05, 0.1) is 6.10 Å². The molecule has 0 N–H and O–H groups in total. The number of ether oxygens (including phenoxy) is 1. The summed E-state index contributed by atoms with van der Waals surface area (Å²) < 4.78 is 5.70. The van der Waals surface area contributed by atoms with Gasteiger partial charge in [-0.3, -0.25) is 9.59 Å².